The molecule has 1 aromatic rings. The van der Waals surface area contributed by atoms with Crippen LogP contribution in [0.1, 0.15) is 11.1 Å². The first-order valence-electron chi connectivity index (χ1n) is 4.06. The molecule has 1 aromatic carbocycles. The van der Waals surface area contributed by atoms with Gasteiger partial charge in [-0.25, -0.2) is 8.78 Å². The minimum atomic E-state index is -0.791. The normalized spacial score (nSPS) is 8.87. The number of allylic oxidation sites excluding steroid dienone is 1. The summed E-state index contributed by atoms with van der Waals surface area (Å²) in [5.41, 5.74) is -0.427. The Morgan fingerprint density at radius 2 is 1.87 bits per heavy atom. The van der Waals surface area contributed by atoms with Crippen LogP contribution < -0.4 is 0 Å². The molecule has 0 aliphatic rings. The number of halogens is 2. The zero-order valence-electron chi connectivity index (χ0n) is 7.88. The van der Waals surface area contributed by atoms with E-state index in [1.165, 1.54) is 13.0 Å². The fourth-order valence-electron chi connectivity index (χ4n) is 1.04. The number of aryl methyl sites for hydroxylation is 1. The summed E-state index contributed by atoms with van der Waals surface area (Å²) < 4.78 is 26.6. The molecule has 1 rings (SSSR count). The minimum absolute atomic E-state index is 0.262. The maximum absolute atomic E-state index is 13.4. The third-order valence-electron chi connectivity index (χ3n) is 1.85. The Balaban J connectivity index is 3.40. The molecule has 0 bridgehead atoms. The standard InChI is InChI=1S/C11H6F2N2/c1-7-2-3-10(12)9(11(7)13)4-8(5-14)6-15/h2-4H,1H3. The van der Waals surface area contributed by atoms with Gasteiger partial charge in [-0.15, -0.1) is 0 Å². The summed E-state index contributed by atoms with van der Waals surface area (Å²) in [6, 6.07) is 5.47. The molecule has 0 heterocycles. The van der Waals surface area contributed by atoms with Crippen LogP contribution >= 0.6 is 0 Å². The van der Waals surface area contributed by atoms with Gasteiger partial charge in [0.25, 0.3) is 0 Å². The van der Waals surface area contributed by atoms with E-state index in [9.17, 15) is 8.78 Å². The highest BCUT2D eigenvalue weighted by atomic mass is 19.1. The molecule has 0 spiro atoms. The molecule has 0 unspecified atom stereocenters. The second-order valence-electron chi connectivity index (χ2n) is 2.87. The van der Waals surface area contributed by atoms with E-state index in [1.54, 1.807) is 12.1 Å². The number of hydrogen-bond donors (Lipinski definition) is 0. The Labute approximate surface area is 85.7 Å². The lowest BCUT2D eigenvalue weighted by molar-refractivity contribution is 0.573. The van der Waals surface area contributed by atoms with E-state index >= 15 is 0 Å². The minimum Gasteiger partial charge on any atom is -0.206 e. The van der Waals surface area contributed by atoms with Crippen LogP contribution in [0.15, 0.2) is 17.7 Å². The highest BCUT2D eigenvalue weighted by molar-refractivity contribution is 5.63. The summed E-state index contributed by atoms with van der Waals surface area (Å²) in [6.07, 6.45) is 0.900. The van der Waals surface area contributed by atoms with Crippen LogP contribution in [0.25, 0.3) is 6.08 Å². The van der Waals surface area contributed by atoms with Crippen molar-refractivity contribution in [3.8, 4) is 12.1 Å². The van der Waals surface area contributed by atoms with Gasteiger partial charge in [-0.2, -0.15) is 10.5 Å². The van der Waals surface area contributed by atoms with Gasteiger partial charge in [0.1, 0.15) is 29.3 Å². The fraction of sp³-hybridized carbons (Fsp3) is 0.0909. The Hall–Kier alpha value is -2.20. The third kappa shape index (κ3) is 2.18. The Bertz CT molecular complexity index is 489. The first-order valence-corrected chi connectivity index (χ1v) is 4.06. The Kier molecular flexibility index (Phi) is 3.15. The van der Waals surface area contributed by atoms with Crippen LogP contribution in [0.3, 0.4) is 0 Å². The average Bonchev–Trinajstić information content (AvgIpc) is 2.24. The second kappa shape index (κ2) is 4.34. The predicted molar refractivity (Wildman–Crippen MR) is 50.3 cm³/mol. The number of nitriles is 2. The van der Waals surface area contributed by atoms with E-state index in [0.29, 0.717) is 0 Å². The van der Waals surface area contributed by atoms with Crippen molar-refractivity contribution in [2.45, 2.75) is 6.92 Å². The molecule has 0 radical (unpaired) electrons. The van der Waals surface area contributed by atoms with Crippen LogP contribution in [0.5, 0.6) is 0 Å². The van der Waals surface area contributed by atoms with Gasteiger partial charge in [0.15, 0.2) is 0 Å². The zero-order chi connectivity index (χ0) is 11.4. The second-order valence-corrected chi connectivity index (χ2v) is 2.87. The number of hydrogen-bond acceptors (Lipinski definition) is 2. The SMILES string of the molecule is Cc1ccc(F)c(C=C(C#N)C#N)c1F. The molecule has 0 fully saturated rings. The van der Waals surface area contributed by atoms with Crippen molar-refractivity contribution >= 4 is 6.08 Å². The van der Waals surface area contributed by atoms with E-state index in [1.807, 2.05) is 0 Å². The lowest BCUT2D eigenvalue weighted by Crippen LogP contribution is -1.92. The first kappa shape index (κ1) is 10.9. The van der Waals surface area contributed by atoms with Crippen LogP contribution in [0, 0.1) is 41.2 Å². The van der Waals surface area contributed by atoms with Gasteiger partial charge in [0, 0.05) is 5.56 Å². The molecule has 0 N–H and O–H groups in total. The first-order chi connectivity index (χ1) is 7.10. The Morgan fingerprint density at radius 1 is 1.27 bits per heavy atom. The molecule has 0 aliphatic carbocycles. The lowest BCUT2D eigenvalue weighted by Gasteiger charge is -2.01. The van der Waals surface area contributed by atoms with E-state index in [-0.39, 0.29) is 16.7 Å². The number of rotatable bonds is 1. The Morgan fingerprint density at radius 3 is 2.40 bits per heavy atom. The van der Waals surface area contributed by atoms with E-state index in [0.717, 1.165) is 12.1 Å². The summed E-state index contributed by atoms with van der Waals surface area (Å²) in [5.74, 6) is -1.54. The van der Waals surface area contributed by atoms with Crippen molar-refractivity contribution in [2.75, 3.05) is 0 Å². The molecular formula is C11H6F2N2. The third-order valence-corrected chi connectivity index (χ3v) is 1.85. The van der Waals surface area contributed by atoms with E-state index in [2.05, 4.69) is 0 Å². The highest BCUT2D eigenvalue weighted by Gasteiger charge is 2.09. The van der Waals surface area contributed by atoms with Gasteiger partial charge < -0.3 is 0 Å². The molecule has 0 aromatic heterocycles. The van der Waals surface area contributed by atoms with Crippen molar-refractivity contribution in [3.05, 3.63) is 40.5 Å². The maximum Gasteiger partial charge on any atom is 0.136 e. The van der Waals surface area contributed by atoms with Crippen LogP contribution in [0.2, 0.25) is 0 Å². The predicted octanol–water partition coefficient (Wildman–Crippen LogP) is 2.70. The largest absolute Gasteiger partial charge is 0.206 e. The molecule has 0 amide bonds. The van der Waals surface area contributed by atoms with E-state index < -0.39 is 11.6 Å². The molecule has 2 nitrogen and oxygen atoms in total. The summed E-state index contributed by atoms with van der Waals surface area (Å²) >= 11 is 0. The molecule has 0 atom stereocenters. The molecule has 15 heavy (non-hydrogen) atoms. The zero-order valence-corrected chi connectivity index (χ0v) is 7.88. The molecular weight excluding hydrogens is 198 g/mol. The number of nitrogens with zero attached hydrogens (tertiary/aromatic N) is 2. The van der Waals surface area contributed by atoms with Crippen LogP contribution in [-0.2, 0) is 0 Å². The summed E-state index contributed by atoms with van der Waals surface area (Å²) in [7, 11) is 0. The topological polar surface area (TPSA) is 47.6 Å². The van der Waals surface area contributed by atoms with Crippen molar-refractivity contribution in [3.63, 3.8) is 0 Å². The monoisotopic (exact) mass is 204 g/mol. The van der Waals surface area contributed by atoms with Crippen molar-refractivity contribution in [2.24, 2.45) is 0 Å². The summed E-state index contributed by atoms with van der Waals surface area (Å²) in [5, 5.41) is 16.9. The number of benzene rings is 1. The van der Waals surface area contributed by atoms with Crippen LogP contribution in [-0.4, -0.2) is 0 Å². The van der Waals surface area contributed by atoms with Gasteiger partial charge in [-0.3, -0.25) is 0 Å². The smallest absolute Gasteiger partial charge is 0.136 e. The fourth-order valence-corrected chi connectivity index (χ4v) is 1.04. The quantitative estimate of drug-likeness (QED) is 0.660. The molecule has 74 valence electrons. The lowest BCUT2D eigenvalue weighted by atomic mass is 10.1. The van der Waals surface area contributed by atoms with Crippen molar-refractivity contribution in [1.82, 2.24) is 0 Å². The van der Waals surface area contributed by atoms with Gasteiger partial charge in [0.2, 0.25) is 0 Å². The molecule has 0 saturated carbocycles. The summed E-state index contributed by atoms with van der Waals surface area (Å²) in [6.45, 7) is 1.48. The van der Waals surface area contributed by atoms with Gasteiger partial charge in [0.05, 0.1) is 0 Å². The van der Waals surface area contributed by atoms with Crippen molar-refractivity contribution in [1.29, 1.82) is 10.5 Å². The van der Waals surface area contributed by atoms with E-state index in [4.69, 9.17) is 10.5 Å². The molecule has 0 aliphatic heterocycles. The van der Waals surface area contributed by atoms with Crippen molar-refractivity contribution < 1.29 is 8.78 Å². The summed E-state index contributed by atoms with van der Waals surface area (Å²) in [4.78, 5) is 0. The highest BCUT2D eigenvalue weighted by Crippen LogP contribution is 2.18. The maximum atomic E-state index is 13.4. The molecule has 0 saturated heterocycles. The average molecular weight is 204 g/mol. The van der Waals surface area contributed by atoms with Gasteiger partial charge in [-0.05, 0) is 24.6 Å². The van der Waals surface area contributed by atoms with Gasteiger partial charge >= 0.3 is 0 Å². The van der Waals surface area contributed by atoms with Gasteiger partial charge in [-0.1, -0.05) is 6.07 Å². The molecule has 4 heteroatoms. The van der Waals surface area contributed by atoms with Crippen LogP contribution in [0.4, 0.5) is 8.78 Å².